The van der Waals surface area contributed by atoms with Crippen LogP contribution < -0.4 is 10.6 Å². The summed E-state index contributed by atoms with van der Waals surface area (Å²) in [7, 11) is 3.94. The first-order chi connectivity index (χ1) is 6.60. The second-order valence-electron chi connectivity index (χ2n) is 3.66. The molecule has 0 spiro atoms. The number of nitrogens with zero attached hydrogens (tertiary/aromatic N) is 3. The van der Waals surface area contributed by atoms with Gasteiger partial charge in [-0.15, -0.1) is 0 Å². The molecule has 0 saturated heterocycles. The Morgan fingerprint density at radius 1 is 1.50 bits per heavy atom. The van der Waals surface area contributed by atoms with Crippen molar-refractivity contribution in [3.8, 4) is 0 Å². The van der Waals surface area contributed by atoms with Gasteiger partial charge in [0.1, 0.15) is 0 Å². The molecule has 1 aromatic heterocycles. The van der Waals surface area contributed by atoms with Gasteiger partial charge in [-0.25, -0.2) is 0 Å². The zero-order chi connectivity index (χ0) is 10.7. The molecule has 0 radical (unpaired) electrons. The van der Waals surface area contributed by atoms with Crippen molar-refractivity contribution in [3.63, 3.8) is 0 Å². The van der Waals surface area contributed by atoms with Crippen LogP contribution in [0.5, 0.6) is 0 Å². The number of aryl methyl sites for hydroxylation is 1. The van der Waals surface area contributed by atoms with Crippen molar-refractivity contribution in [2.24, 2.45) is 7.05 Å². The van der Waals surface area contributed by atoms with Crippen molar-refractivity contribution in [2.75, 3.05) is 17.7 Å². The van der Waals surface area contributed by atoms with Crippen molar-refractivity contribution in [2.45, 2.75) is 32.7 Å². The van der Waals surface area contributed by atoms with E-state index >= 15 is 0 Å². The van der Waals surface area contributed by atoms with Crippen LogP contribution in [0, 0.1) is 0 Å². The van der Waals surface area contributed by atoms with Gasteiger partial charge in [-0.1, -0.05) is 13.8 Å². The average Bonchev–Trinajstić information content (AvgIpc) is 2.47. The molecular weight excluding hydrogens is 176 g/mol. The molecule has 0 bridgehead atoms. The van der Waals surface area contributed by atoms with Crippen LogP contribution in [0.3, 0.4) is 0 Å². The van der Waals surface area contributed by atoms with E-state index < -0.39 is 0 Å². The first-order valence-electron chi connectivity index (χ1n) is 5.12. The summed E-state index contributed by atoms with van der Waals surface area (Å²) in [4.78, 5) is 2.16. The molecule has 0 aliphatic rings. The number of hydrogen-bond donors (Lipinski definition) is 1. The van der Waals surface area contributed by atoms with Gasteiger partial charge in [0.15, 0.2) is 5.82 Å². The minimum atomic E-state index is 0.521. The fraction of sp³-hybridized carbons (Fsp3) is 0.700. The van der Waals surface area contributed by atoms with Crippen LogP contribution in [0.1, 0.15) is 26.7 Å². The molecule has 0 aliphatic carbocycles. The van der Waals surface area contributed by atoms with Crippen molar-refractivity contribution >= 4 is 11.5 Å². The summed E-state index contributed by atoms with van der Waals surface area (Å²) in [6.45, 7) is 4.37. The van der Waals surface area contributed by atoms with Gasteiger partial charge in [-0.3, -0.25) is 4.68 Å². The van der Waals surface area contributed by atoms with Crippen molar-refractivity contribution < 1.29 is 0 Å². The molecule has 1 rings (SSSR count). The highest BCUT2D eigenvalue weighted by Gasteiger charge is 2.16. The fourth-order valence-electron chi connectivity index (χ4n) is 1.78. The normalized spacial score (nSPS) is 10.9. The van der Waals surface area contributed by atoms with E-state index in [2.05, 4.69) is 30.9 Å². The van der Waals surface area contributed by atoms with Gasteiger partial charge in [0, 0.05) is 26.3 Å². The highest BCUT2D eigenvalue weighted by Crippen LogP contribution is 2.22. The third kappa shape index (κ3) is 2.00. The second kappa shape index (κ2) is 4.35. The van der Waals surface area contributed by atoms with E-state index in [0.29, 0.717) is 6.04 Å². The monoisotopic (exact) mass is 196 g/mol. The summed E-state index contributed by atoms with van der Waals surface area (Å²) in [5.74, 6) is 0.890. The van der Waals surface area contributed by atoms with E-state index in [0.717, 1.165) is 24.3 Å². The Bertz CT molecular complexity index is 288. The number of nitrogen functional groups attached to an aromatic ring is 1. The van der Waals surface area contributed by atoms with Gasteiger partial charge in [0.25, 0.3) is 0 Å². The molecule has 0 unspecified atom stereocenters. The standard InChI is InChI=1S/C10H20N4/c1-5-8(6-2)14(4)10-9(11)7-13(3)12-10/h7-8H,5-6,11H2,1-4H3. The Kier molecular flexibility index (Phi) is 3.38. The molecule has 0 aliphatic heterocycles. The molecule has 2 N–H and O–H groups in total. The zero-order valence-corrected chi connectivity index (χ0v) is 9.49. The average molecular weight is 196 g/mol. The molecule has 4 heteroatoms. The second-order valence-corrected chi connectivity index (χ2v) is 3.66. The van der Waals surface area contributed by atoms with Crippen LogP contribution in [0.25, 0.3) is 0 Å². The fourth-order valence-corrected chi connectivity index (χ4v) is 1.78. The maximum absolute atomic E-state index is 5.86. The lowest BCUT2D eigenvalue weighted by Gasteiger charge is -2.26. The Morgan fingerprint density at radius 3 is 2.43 bits per heavy atom. The lowest BCUT2D eigenvalue weighted by atomic mass is 10.1. The summed E-state index contributed by atoms with van der Waals surface area (Å²) in [6, 6.07) is 0.521. The molecule has 80 valence electrons. The predicted molar refractivity (Wildman–Crippen MR) is 60.4 cm³/mol. The van der Waals surface area contributed by atoms with Gasteiger partial charge in [-0.05, 0) is 12.8 Å². The lowest BCUT2D eigenvalue weighted by molar-refractivity contribution is 0.582. The number of hydrogen-bond acceptors (Lipinski definition) is 3. The first-order valence-corrected chi connectivity index (χ1v) is 5.12. The van der Waals surface area contributed by atoms with E-state index in [4.69, 9.17) is 5.73 Å². The molecule has 0 aromatic carbocycles. The van der Waals surface area contributed by atoms with Crippen LogP contribution >= 0.6 is 0 Å². The van der Waals surface area contributed by atoms with Crippen molar-refractivity contribution in [1.82, 2.24) is 9.78 Å². The molecule has 0 fully saturated rings. The minimum absolute atomic E-state index is 0.521. The van der Waals surface area contributed by atoms with Gasteiger partial charge in [0.2, 0.25) is 0 Å². The topological polar surface area (TPSA) is 47.1 Å². The van der Waals surface area contributed by atoms with Crippen molar-refractivity contribution in [1.29, 1.82) is 0 Å². The highest BCUT2D eigenvalue weighted by atomic mass is 15.3. The maximum Gasteiger partial charge on any atom is 0.173 e. The summed E-state index contributed by atoms with van der Waals surface area (Å²) in [5, 5.41) is 4.34. The minimum Gasteiger partial charge on any atom is -0.394 e. The molecule has 1 aromatic rings. The molecule has 14 heavy (non-hydrogen) atoms. The van der Waals surface area contributed by atoms with Crippen LogP contribution in [0.2, 0.25) is 0 Å². The summed E-state index contributed by atoms with van der Waals surface area (Å²) in [6.07, 6.45) is 4.07. The molecule has 0 amide bonds. The smallest absolute Gasteiger partial charge is 0.173 e. The van der Waals surface area contributed by atoms with Gasteiger partial charge < -0.3 is 10.6 Å². The Labute approximate surface area is 85.7 Å². The molecule has 0 atom stereocenters. The van der Waals surface area contributed by atoms with E-state index in [9.17, 15) is 0 Å². The maximum atomic E-state index is 5.86. The van der Waals surface area contributed by atoms with Gasteiger partial charge >= 0.3 is 0 Å². The lowest BCUT2D eigenvalue weighted by Crippen LogP contribution is -2.31. The number of aromatic nitrogens is 2. The Balaban J connectivity index is 2.87. The first kappa shape index (κ1) is 10.9. The molecular formula is C10H20N4. The van der Waals surface area contributed by atoms with E-state index in [-0.39, 0.29) is 0 Å². The zero-order valence-electron chi connectivity index (χ0n) is 9.49. The van der Waals surface area contributed by atoms with E-state index in [1.807, 2.05) is 13.2 Å². The number of nitrogens with two attached hydrogens (primary N) is 1. The molecule has 1 heterocycles. The van der Waals surface area contributed by atoms with Crippen molar-refractivity contribution in [3.05, 3.63) is 6.20 Å². The SMILES string of the molecule is CCC(CC)N(C)c1nn(C)cc1N. The largest absolute Gasteiger partial charge is 0.394 e. The molecule has 4 nitrogen and oxygen atoms in total. The Hall–Kier alpha value is -1.19. The highest BCUT2D eigenvalue weighted by molar-refractivity contribution is 5.61. The van der Waals surface area contributed by atoms with E-state index in [1.165, 1.54) is 0 Å². The van der Waals surface area contributed by atoms with Gasteiger partial charge in [-0.2, -0.15) is 5.10 Å². The molecule has 0 saturated carbocycles. The van der Waals surface area contributed by atoms with E-state index in [1.54, 1.807) is 4.68 Å². The summed E-state index contributed by atoms with van der Waals surface area (Å²) < 4.78 is 1.75. The quantitative estimate of drug-likeness (QED) is 0.796. The Morgan fingerprint density at radius 2 is 2.07 bits per heavy atom. The third-order valence-corrected chi connectivity index (χ3v) is 2.66. The summed E-state index contributed by atoms with van der Waals surface area (Å²) >= 11 is 0. The van der Waals surface area contributed by atoms with Crippen LogP contribution in [-0.4, -0.2) is 22.9 Å². The number of rotatable bonds is 4. The number of anilines is 2. The predicted octanol–water partition coefficient (Wildman–Crippen LogP) is 1.63. The summed E-state index contributed by atoms with van der Waals surface area (Å²) in [5.41, 5.74) is 6.62. The van der Waals surface area contributed by atoms with Gasteiger partial charge in [0.05, 0.1) is 5.69 Å². The van der Waals surface area contributed by atoms with Crippen LogP contribution in [0.4, 0.5) is 11.5 Å². The van der Waals surface area contributed by atoms with Crippen LogP contribution in [0.15, 0.2) is 6.20 Å². The van der Waals surface area contributed by atoms with Crippen LogP contribution in [-0.2, 0) is 7.05 Å². The third-order valence-electron chi connectivity index (χ3n) is 2.66.